The zero-order chi connectivity index (χ0) is 23.0. The summed E-state index contributed by atoms with van der Waals surface area (Å²) in [4.78, 5) is 18.5. The predicted octanol–water partition coefficient (Wildman–Crippen LogP) is 4.26. The Hall–Kier alpha value is -3.22. The van der Waals surface area contributed by atoms with Gasteiger partial charge in [-0.2, -0.15) is 13.2 Å². The van der Waals surface area contributed by atoms with Crippen LogP contribution in [-0.2, 0) is 16.2 Å². The summed E-state index contributed by atoms with van der Waals surface area (Å²) in [6, 6.07) is 2.46. The normalized spacial score (nSPS) is 12.2. The second-order valence-corrected chi connectivity index (χ2v) is 8.32. The molecule has 0 unspecified atom stereocenters. The number of alkyl halides is 3. The van der Waals surface area contributed by atoms with Crippen LogP contribution < -0.4 is 10.0 Å². The summed E-state index contributed by atoms with van der Waals surface area (Å²) in [5, 5.41) is 1.72. The molecule has 7 nitrogen and oxygen atoms in total. The zero-order valence-electron chi connectivity index (χ0n) is 15.8. The van der Waals surface area contributed by atoms with Crippen LogP contribution in [0, 0.1) is 11.6 Å². The molecule has 1 aromatic carbocycles. The highest BCUT2D eigenvalue weighted by molar-refractivity contribution is 7.92. The van der Waals surface area contributed by atoms with Gasteiger partial charge >= 0.3 is 6.18 Å². The van der Waals surface area contributed by atoms with Gasteiger partial charge in [0.05, 0.1) is 28.9 Å². The van der Waals surface area contributed by atoms with Crippen molar-refractivity contribution in [1.29, 1.82) is 0 Å². The number of pyridine rings is 1. The molecule has 0 fully saturated rings. The van der Waals surface area contributed by atoms with E-state index in [-0.39, 0.29) is 28.9 Å². The Bertz CT molecular complexity index is 1260. The number of nitrogens with zero attached hydrogens (tertiary/aromatic N) is 1. The number of aromatic amines is 1. The first-order valence-electron chi connectivity index (χ1n) is 8.77. The molecule has 166 valence electrons. The van der Waals surface area contributed by atoms with Crippen molar-refractivity contribution >= 4 is 38.3 Å². The van der Waals surface area contributed by atoms with Gasteiger partial charge < -0.3 is 10.3 Å². The van der Waals surface area contributed by atoms with Crippen molar-refractivity contribution in [2.75, 3.05) is 15.8 Å². The second-order valence-electron chi connectivity index (χ2n) is 6.48. The van der Waals surface area contributed by atoms with Gasteiger partial charge in [0.25, 0.3) is 5.91 Å². The summed E-state index contributed by atoms with van der Waals surface area (Å²) < 4.78 is 93.6. The van der Waals surface area contributed by atoms with E-state index in [1.165, 1.54) is 0 Å². The van der Waals surface area contributed by atoms with Crippen LogP contribution in [0.25, 0.3) is 11.0 Å². The molecule has 0 spiro atoms. The number of sulfonamides is 1. The molecule has 3 rings (SSSR count). The van der Waals surface area contributed by atoms with Crippen LogP contribution in [0.3, 0.4) is 0 Å². The second kappa shape index (κ2) is 8.13. The number of halogens is 5. The van der Waals surface area contributed by atoms with Crippen molar-refractivity contribution in [2.24, 2.45) is 0 Å². The standard InChI is InChI=1S/C18H15F5N4O3S/c1-2-5-31(29,30)27-13-4-3-12(19)14(15(13)20)17(28)26-9-6-10-11(18(21,22)23)8-25-16(10)24-7-9/h3-4,6-8,27H,2,5H2,1H3,(H,24,25)(H,26,28). The van der Waals surface area contributed by atoms with E-state index < -0.39 is 50.6 Å². The summed E-state index contributed by atoms with van der Waals surface area (Å²) in [6.45, 7) is 1.58. The average molecular weight is 462 g/mol. The van der Waals surface area contributed by atoms with Crippen molar-refractivity contribution in [2.45, 2.75) is 19.5 Å². The third kappa shape index (κ3) is 4.76. The topological polar surface area (TPSA) is 104 Å². The van der Waals surface area contributed by atoms with Gasteiger partial charge in [-0.15, -0.1) is 0 Å². The predicted molar refractivity (Wildman–Crippen MR) is 103 cm³/mol. The molecule has 3 aromatic rings. The number of carbonyl (C=O) groups is 1. The number of hydrogen-bond donors (Lipinski definition) is 3. The van der Waals surface area contributed by atoms with Crippen LogP contribution in [0.2, 0.25) is 0 Å². The molecule has 0 saturated heterocycles. The Morgan fingerprint density at radius 2 is 1.94 bits per heavy atom. The van der Waals surface area contributed by atoms with Crippen LogP contribution in [0.4, 0.5) is 33.3 Å². The Labute approximate surface area is 172 Å². The van der Waals surface area contributed by atoms with Gasteiger partial charge in [-0.3, -0.25) is 9.52 Å². The monoisotopic (exact) mass is 462 g/mol. The van der Waals surface area contributed by atoms with Gasteiger partial charge in [-0.1, -0.05) is 6.92 Å². The smallest absolute Gasteiger partial charge is 0.346 e. The zero-order valence-corrected chi connectivity index (χ0v) is 16.6. The summed E-state index contributed by atoms with van der Waals surface area (Å²) in [7, 11) is -3.92. The fourth-order valence-electron chi connectivity index (χ4n) is 2.83. The summed E-state index contributed by atoms with van der Waals surface area (Å²) >= 11 is 0. The molecule has 2 aromatic heterocycles. The number of anilines is 2. The number of hydrogen-bond acceptors (Lipinski definition) is 4. The lowest BCUT2D eigenvalue weighted by Gasteiger charge is -2.12. The average Bonchev–Trinajstić information content (AvgIpc) is 3.07. The Morgan fingerprint density at radius 3 is 2.58 bits per heavy atom. The first kappa shape index (κ1) is 22.5. The molecule has 3 N–H and O–H groups in total. The van der Waals surface area contributed by atoms with Crippen LogP contribution in [0.1, 0.15) is 29.3 Å². The number of carbonyl (C=O) groups excluding carboxylic acids is 1. The van der Waals surface area contributed by atoms with E-state index >= 15 is 0 Å². The molecule has 0 saturated carbocycles. The Kier molecular flexibility index (Phi) is 5.89. The molecule has 0 aliphatic carbocycles. The van der Waals surface area contributed by atoms with Crippen LogP contribution in [0.15, 0.2) is 30.6 Å². The van der Waals surface area contributed by atoms with E-state index in [1.807, 2.05) is 4.72 Å². The number of fused-ring (bicyclic) bond motifs is 1. The highest BCUT2D eigenvalue weighted by atomic mass is 32.2. The van der Waals surface area contributed by atoms with E-state index in [0.29, 0.717) is 12.3 Å². The molecule has 13 heteroatoms. The van der Waals surface area contributed by atoms with Crippen molar-refractivity contribution in [3.8, 4) is 0 Å². The molecule has 1 amide bonds. The van der Waals surface area contributed by atoms with Gasteiger partial charge in [0.1, 0.15) is 17.0 Å². The van der Waals surface area contributed by atoms with Gasteiger partial charge in [0, 0.05) is 11.6 Å². The van der Waals surface area contributed by atoms with Gasteiger partial charge in [-0.05, 0) is 24.6 Å². The fourth-order valence-corrected chi connectivity index (χ4v) is 3.96. The number of nitrogens with one attached hydrogen (secondary N) is 3. The van der Waals surface area contributed by atoms with Gasteiger partial charge in [0.2, 0.25) is 10.0 Å². The minimum atomic E-state index is -4.69. The molecule has 0 atom stereocenters. The van der Waals surface area contributed by atoms with Crippen molar-refractivity contribution in [1.82, 2.24) is 9.97 Å². The third-order valence-corrected chi connectivity index (χ3v) is 5.63. The molecule has 0 aliphatic rings. The van der Waals surface area contributed by atoms with E-state index in [0.717, 1.165) is 18.3 Å². The van der Waals surface area contributed by atoms with Crippen LogP contribution in [-0.4, -0.2) is 30.0 Å². The summed E-state index contributed by atoms with van der Waals surface area (Å²) in [5.41, 5.74) is -3.13. The minimum absolute atomic E-state index is 0.102. The largest absolute Gasteiger partial charge is 0.418 e. The SMILES string of the molecule is CCCS(=O)(=O)Nc1ccc(F)c(C(=O)Nc2cnc3[nH]cc(C(F)(F)F)c3c2)c1F. The van der Waals surface area contributed by atoms with Crippen molar-refractivity contribution in [3.05, 3.63) is 53.4 Å². The third-order valence-electron chi connectivity index (χ3n) is 4.15. The molecule has 31 heavy (non-hydrogen) atoms. The lowest BCUT2D eigenvalue weighted by Crippen LogP contribution is -2.20. The Morgan fingerprint density at radius 1 is 1.23 bits per heavy atom. The maximum atomic E-state index is 14.7. The minimum Gasteiger partial charge on any atom is -0.346 e. The van der Waals surface area contributed by atoms with E-state index in [4.69, 9.17) is 0 Å². The maximum Gasteiger partial charge on any atom is 0.418 e. The van der Waals surface area contributed by atoms with Crippen LogP contribution >= 0.6 is 0 Å². The van der Waals surface area contributed by atoms with Crippen molar-refractivity contribution < 1.29 is 35.2 Å². The maximum absolute atomic E-state index is 14.7. The molecule has 0 radical (unpaired) electrons. The number of aromatic nitrogens is 2. The Balaban J connectivity index is 1.94. The first-order chi connectivity index (χ1) is 14.4. The molecule has 2 heterocycles. The first-order valence-corrected chi connectivity index (χ1v) is 10.4. The fraction of sp³-hybridized carbons (Fsp3) is 0.222. The molecule has 0 aliphatic heterocycles. The number of rotatable bonds is 6. The number of amides is 1. The summed E-state index contributed by atoms with van der Waals surface area (Å²) in [5.74, 6) is -4.42. The number of benzene rings is 1. The molecular weight excluding hydrogens is 447 g/mol. The van der Waals surface area contributed by atoms with E-state index in [9.17, 15) is 35.2 Å². The molecule has 0 bridgehead atoms. The summed E-state index contributed by atoms with van der Waals surface area (Å²) in [6.07, 6.45) is -2.75. The lowest BCUT2D eigenvalue weighted by molar-refractivity contribution is -0.136. The molecular formula is C18H15F5N4O3S. The highest BCUT2D eigenvalue weighted by Gasteiger charge is 2.34. The van der Waals surface area contributed by atoms with Gasteiger partial charge in [0.15, 0.2) is 5.82 Å². The van der Waals surface area contributed by atoms with Crippen molar-refractivity contribution in [3.63, 3.8) is 0 Å². The van der Waals surface area contributed by atoms with E-state index in [2.05, 4.69) is 15.3 Å². The van der Waals surface area contributed by atoms with Gasteiger partial charge in [-0.25, -0.2) is 22.2 Å². The quantitative estimate of drug-likeness (QED) is 0.476. The van der Waals surface area contributed by atoms with Crippen LogP contribution in [0.5, 0.6) is 0 Å². The lowest BCUT2D eigenvalue weighted by atomic mass is 10.1. The number of H-pyrrole nitrogens is 1. The van der Waals surface area contributed by atoms with E-state index in [1.54, 1.807) is 6.92 Å². The highest BCUT2D eigenvalue weighted by Crippen LogP contribution is 2.35.